The SMILES string of the molecule is CN(C)/C=C(/C(=O)c1nc2ccccc2[nH]1)S(=O)(=O)c1ccccc1. The smallest absolute Gasteiger partial charge is 0.241 e. The average Bonchev–Trinajstić information content (AvgIpc) is 3.04. The first kappa shape index (κ1) is 16.9. The summed E-state index contributed by atoms with van der Waals surface area (Å²) >= 11 is 0. The number of rotatable bonds is 5. The molecule has 0 spiro atoms. The Hall–Kier alpha value is -2.93. The summed E-state index contributed by atoms with van der Waals surface area (Å²) in [4.78, 5) is 21.3. The summed E-state index contributed by atoms with van der Waals surface area (Å²) in [5.74, 6) is -0.678. The minimum Gasteiger partial charge on any atom is -0.382 e. The zero-order valence-electron chi connectivity index (χ0n) is 13.8. The van der Waals surface area contributed by atoms with Crippen molar-refractivity contribution in [2.75, 3.05) is 14.1 Å². The zero-order valence-corrected chi connectivity index (χ0v) is 14.6. The highest BCUT2D eigenvalue weighted by molar-refractivity contribution is 7.96. The molecule has 128 valence electrons. The van der Waals surface area contributed by atoms with Crippen LogP contribution in [0.15, 0.2) is 70.6 Å². The first-order valence-corrected chi connectivity index (χ1v) is 9.06. The molecule has 0 saturated heterocycles. The van der Waals surface area contributed by atoms with Crippen LogP contribution in [-0.4, -0.2) is 43.2 Å². The molecule has 0 amide bonds. The van der Waals surface area contributed by atoms with Crippen LogP contribution in [0.25, 0.3) is 11.0 Å². The third kappa shape index (κ3) is 3.32. The van der Waals surface area contributed by atoms with Crippen LogP contribution in [-0.2, 0) is 9.84 Å². The van der Waals surface area contributed by atoms with Crippen LogP contribution < -0.4 is 0 Å². The molecule has 0 aliphatic carbocycles. The average molecular weight is 355 g/mol. The molecule has 2 aromatic carbocycles. The highest BCUT2D eigenvalue weighted by atomic mass is 32.2. The van der Waals surface area contributed by atoms with Crippen molar-refractivity contribution in [1.82, 2.24) is 14.9 Å². The van der Waals surface area contributed by atoms with Crippen molar-refractivity contribution in [1.29, 1.82) is 0 Å². The Labute approximate surface area is 145 Å². The normalized spacial score (nSPS) is 12.3. The number of aromatic amines is 1. The Morgan fingerprint density at radius 1 is 1.04 bits per heavy atom. The summed E-state index contributed by atoms with van der Waals surface area (Å²) in [5, 5.41) is 0. The summed E-state index contributed by atoms with van der Waals surface area (Å²) in [5.41, 5.74) is 1.28. The summed E-state index contributed by atoms with van der Waals surface area (Å²) in [6.45, 7) is 0. The number of carbonyl (C=O) groups excluding carboxylic acids is 1. The van der Waals surface area contributed by atoms with Gasteiger partial charge in [0.15, 0.2) is 5.82 Å². The van der Waals surface area contributed by atoms with Gasteiger partial charge in [0.1, 0.15) is 4.91 Å². The largest absolute Gasteiger partial charge is 0.382 e. The molecule has 3 aromatic rings. The molecule has 0 aliphatic rings. The number of H-pyrrole nitrogens is 1. The molecule has 3 rings (SSSR count). The molecular formula is C18H17N3O3S. The maximum absolute atomic E-state index is 12.9. The highest BCUT2D eigenvalue weighted by Gasteiger charge is 2.30. The van der Waals surface area contributed by atoms with Crippen molar-refractivity contribution in [3.05, 3.63) is 71.5 Å². The highest BCUT2D eigenvalue weighted by Crippen LogP contribution is 2.23. The monoisotopic (exact) mass is 355 g/mol. The van der Waals surface area contributed by atoms with Gasteiger partial charge in [-0.1, -0.05) is 30.3 Å². The molecule has 0 saturated carbocycles. The molecule has 6 nitrogen and oxygen atoms in total. The lowest BCUT2D eigenvalue weighted by molar-refractivity contribution is 0.103. The van der Waals surface area contributed by atoms with E-state index in [-0.39, 0.29) is 15.6 Å². The molecule has 0 aliphatic heterocycles. The van der Waals surface area contributed by atoms with Crippen LogP contribution in [0.1, 0.15) is 10.6 Å². The molecule has 25 heavy (non-hydrogen) atoms. The molecule has 0 radical (unpaired) electrons. The predicted molar refractivity (Wildman–Crippen MR) is 95.8 cm³/mol. The third-order valence-electron chi connectivity index (χ3n) is 3.55. The van der Waals surface area contributed by atoms with Crippen LogP contribution in [0.3, 0.4) is 0 Å². The van der Waals surface area contributed by atoms with Gasteiger partial charge in [-0.15, -0.1) is 0 Å². The molecule has 0 bridgehead atoms. The van der Waals surface area contributed by atoms with E-state index in [1.807, 2.05) is 6.07 Å². The number of nitrogens with one attached hydrogen (secondary N) is 1. The third-order valence-corrected chi connectivity index (χ3v) is 5.31. The number of imidazole rings is 1. The van der Waals surface area contributed by atoms with Crippen LogP contribution in [0.4, 0.5) is 0 Å². The fraction of sp³-hybridized carbons (Fsp3) is 0.111. The number of Topliss-reactive ketones (excluding diaryl/α,β-unsaturated/α-hetero) is 1. The Morgan fingerprint density at radius 3 is 2.32 bits per heavy atom. The minimum atomic E-state index is -3.97. The van der Waals surface area contributed by atoms with Crippen molar-refractivity contribution < 1.29 is 13.2 Å². The van der Waals surface area contributed by atoms with Crippen molar-refractivity contribution in [2.24, 2.45) is 0 Å². The summed E-state index contributed by atoms with van der Waals surface area (Å²) < 4.78 is 25.9. The van der Waals surface area contributed by atoms with E-state index in [2.05, 4.69) is 9.97 Å². The van der Waals surface area contributed by atoms with Gasteiger partial charge in [-0.05, 0) is 24.3 Å². The van der Waals surface area contributed by atoms with E-state index >= 15 is 0 Å². The van der Waals surface area contributed by atoms with Crippen LogP contribution in [0.2, 0.25) is 0 Å². The first-order valence-electron chi connectivity index (χ1n) is 7.57. The number of nitrogens with zero attached hydrogens (tertiary/aromatic N) is 2. The molecule has 0 fully saturated rings. The van der Waals surface area contributed by atoms with E-state index < -0.39 is 15.6 Å². The number of aromatic nitrogens is 2. The lowest BCUT2D eigenvalue weighted by atomic mass is 10.3. The Kier molecular flexibility index (Phi) is 4.41. The number of benzene rings is 2. The van der Waals surface area contributed by atoms with Crippen molar-refractivity contribution in [3.63, 3.8) is 0 Å². The Bertz CT molecular complexity index is 1020. The Balaban J connectivity index is 2.12. The van der Waals surface area contributed by atoms with E-state index in [9.17, 15) is 13.2 Å². The van der Waals surface area contributed by atoms with Gasteiger partial charge in [-0.3, -0.25) is 4.79 Å². The second-order valence-electron chi connectivity index (χ2n) is 5.71. The topological polar surface area (TPSA) is 83.1 Å². The summed E-state index contributed by atoms with van der Waals surface area (Å²) in [7, 11) is -0.653. The standard InChI is InChI=1S/C18H17N3O3S/c1-21(2)12-16(25(23,24)13-8-4-3-5-9-13)17(22)18-19-14-10-6-7-11-15(14)20-18/h3-12H,1-2H3,(H,19,20)/b16-12-. The van der Waals surface area contributed by atoms with Gasteiger partial charge < -0.3 is 9.88 Å². The van der Waals surface area contributed by atoms with Gasteiger partial charge in [0.2, 0.25) is 15.6 Å². The lowest BCUT2D eigenvalue weighted by Crippen LogP contribution is -2.19. The lowest BCUT2D eigenvalue weighted by Gasteiger charge is -2.11. The second-order valence-corrected chi connectivity index (χ2v) is 7.62. The fourth-order valence-corrected chi connectivity index (χ4v) is 3.85. The molecule has 1 heterocycles. The predicted octanol–water partition coefficient (Wildman–Crippen LogP) is 2.62. The van der Waals surface area contributed by atoms with Crippen molar-refractivity contribution in [3.8, 4) is 0 Å². The number of ketones is 1. The van der Waals surface area contributed by atoms with E-state index in [4.69, 9.17) is 0 Å². The maximum Gasteiger partial charge on any atom is 0.241 e. The van der Waals surface area contributed by atoms with Crippen molar-refractivity contribution in [2.45, 2.75) is 4.90 Å². The maximum atomic E-state index is 12.9. The van der Waals surface area contributed by atoms with E-state index in [1.165, 1.54) is 23.2 Å². The van der Waals surface area contributed by atoms with Crippen molar-refractivity contribution >= 4 is 26.7 Å². The second kappa shape index (κ2) is 6.52. The number of fused-ring (bicyclic) bond motifs is 1. The van der Waals surface area contributed by atoms with E-state index in [0.29, 0.717) is 11.0 Å². The van der Waals surface area contributed by atoms with Gasteiger partial charge in [0.05, 0.1) is 15.9 Å². The molecule has 7 heteroatoms. The van der Waals surface area contributed by atoms with Crippen LogP contribution in [0.5, 0.6) is 0 Å². The van der Waals surface area contributed by atoms with Crippen LogP contribution in [0, 0.1) is 0 Å². The number of carbonyl (C=O) groups is 1. The Morgan fingerprint density at radius 2 is 1.68 bits per heavy atom. The summed E-state index contributed by atoms with van der Waals surface area (Å²) in [6, 6.07) is 15.0. The molecule has 1 N–H and O–H groups in total. The molecule has 0 unspecified atom stereocenters. The van der Waals surface area contributed by atoms with Gasteiger partial charge >= 0.3 is 0 Å². The van der Waals surface area contributed by atoms with E-state index in [0.717, 1.165) is 0 Å². The van der Waals surface area contributed by atoms with Crippen LogP contribution >= 0.6 is 0 Å². The van der Waals surface area contributed by atoms with Gasteiger partial charge in [0, 0.05) is 20.3 Å². The number of para-hydroxylation sites is 2. The molecule has 1 aromatic heterocycles. The van der Waals surface area contributed by atoms with Gasteiger partial charge in [0.25, 0.3) is 0 Å². The van der Waals surface area contributed by atoms with E-state index in [1.54, 1.807) is 50.5 Å². The summed E-state index contributed by atoms with van der Waals surface area (Å²) in [6.07, 6.45) is 1.30. The first-order chi connectivity index (χ1) is 11.9. The number of allylic oxidation sites excluding steroid dienone is 1. The number of hydrogen-bond donors (Lipinski definition) is 1. The zero-order chi connectivity index (χ0) is 18.0. The quantitative estimate of drug-likeness (QED) is 0.562. The fourth-order valence-electron chi connectivity index (χ4n) is 2.39. The number of sulfone groups is 1. The number of hydrogen-bond acceptors (Lipinski definition) is 5. The minimum absolute atomic E-state index is 0.00574. The molecule has 0 atom stereocenters. The van der Waals surface area contributed by atoms with Gasteiger partial charge in [-0.25, -0.2) is 13.4 Å². The molecular weight excluding hydrogens is 338 g/mol. The van der Waals surface area contributed by atoms with Gasteiger partial charge in [-0.2, -0.15) is 0 Å².